The quantitative estimate of drug-likeness (QED) is 0.342. The Bertz CT molecular complexity index is 1350. The van der Waals surface area contributed by atoms with Gasteiger partial charge in [0.2, 0.25) is 0 Å². The molecule has 0 fully saturated rings. The largest absolute Gasteiger partial charge is 0.455 e. The van der Waals surface area contributed by atoms with E-state index >= 15 is 0 Å². The first-order valence-corrected chi connectivity index (χ1v) is 11.9. The van der Waals surface area contributed by atoms with E-state index in [9.17, 15) is 14.9 Å². The number of aryl methyl sites for hydroxylation is 1. The molecule has 0 spiro atoms. The number of ether oxygens (including phenoxy) is 2. The monoisotopic (exact) mass is 517 g/mol. The lowest BCUT2D eigenvalue weighted by atomic mass is 9.85. The summed E-state index contributed by atoms with van der Waals surface area (Å²) in [5.74, 6) is 1.07. The van der Waals surface area contributed by atoms with Crippen LogP contribution >= 0.6 is 12.2 Å². The van der Waals surface area contributed by atoms with Gasteiger partial charge in [-0.2, -0.15) is 5.26 Å². The van der Waals surface area contributed by atoms with Crippen LogP contribution in [0.25, 0.3) is 0 Å². The van der Waals surface area contributed by atoms with Crippen molar-refractivity contribution in [3.63, 3.8) is 0 Å². The van der Waals surface area contributed by atoms with Crippen LogP contribution in [-0.2, 0) is 10.2 Å². The van der Waals surface area contributed by atoms with E-state index in [1.165, 1.54) is 6.20 Å². The van der Waals surface area contributed by atoms with E-state index in [0.717, 1.165) is 11.1 Å². The summed E-state index contributed by atoms with van der Waals surface area (Å²) in [4.78, 5) is 28.5. The molecule has 1 aromatic heterocycles. The molecular formula is C27H27N5O4S. The number of carbonyl (C=O) groups is 2. The third-order valence-electron chi connectivity index (χ3n) is 5.27. The van der Waals surface area contributed by atoms with Gasteiger partial charge in [-0.1, -0.05) is 18.2 Å². The molecule has 9 nitrogen and oxygen atoms in total. The van der Waals surface area contributed by atoms with E-state index in [0.29, 0.717) is 35.1 Å². The number of rotatable bonds is 7. The molecule has 3 aromatic rings. The van der Waals surface area contributed by atoms with Gasteiger partial charge in [0.15, 0.2) is 0 Å². The fourth-order valence-electron chi connectivity index (χ4n) is 3.14. The Morgan fingerprint density at radius 3 is 2.57 bits per heavy atom. The van der Waals surface area contributed by atoms with E-state index < -0.39 is 11.5 Å². The Kier molecular flexibility index (Phi) is 8.77. The Morgan fingerprint density at radius 1 is 1.11 bits per heavy atom. The Morgan fingerprint density at radius 2 is 1.89 bits per heavy atom. The lowest BCUT2D eigenvalue weighted by Crippen LogP contribution is -2.28. The molecule has 1 heterocycles. The van der Waals surface area contributed by atoms with Crippen LogP contribution in [0, 0.1) is 18.3 Å². The third-order valence-corrected chi connectivity index (χ3v) is 5.46. The maximum absolute atomic E-state index is 12.9. The highest BCUT2D eigenvalue weighted by atomic mass is 32.1. The number of thiocarbonyl (C=S) groups is 1. The molecule has 2 amide bonds. The van der Waals surface area contributed by atoms with Crippen LogP contribution in [0.4, 0.5) is 16.3 Å². The second kappa shape index (κ2) is 12.0. The minimum absolute atomic E-state index is 0.131. The number of alkyl carbamates (subject to hydrolysis) is 1. The predicted molar refractivity (Wildman–Crippen MR) is 145 cm³/mol. The SMILES string of the molecule is CCNC(=O)OC(=S)Nc1ccc(Oc2cc(NC(=O)c3cccc(C(C)(C)C#N)c3)ccc2C)cn1. The number of nitriles is 1. The molecule has 3 rings (SSSR count). The summed E-state index contributed by atoms with van der Waals surface area (Å²) >= 11 is 4.98. The first-order chi connectivity index (χ1) is 17.6. The molecule has 0 saturated heterocycles. The number of carbonyl (C=O) groups excluding carboxylic acids is 2. The number of hydrogen-bond donors (Lipinski definition) is 3. The zero-order chi connectivity index (χ0) is 27.0. The highest BCUT2D eigenvalue weighted by Gasteiger charge is 2.21. The van der Waals surface area contributed by atoms with Crippen LogP contribution in [-0.4, -0.2) is 28.7 Å². The first kappa shape index (κ1) is 27.1. The fraction of sp³-hybridized carbons (Fsp3) is 0.222. The fourth-order valence-corrected chi connectivity index (χ4v) is 3.32. The van der Waals surface area contributed by atoms with Crippen molar-refractivity contribution in [2.45, 2.75) is 33.1 Å². The molecule has 37 heavy (non-hydrogen) atoms. The van der Waals surface area contributed by atoms with Crippen molar-refractivity contribution >= 4 is 40.9 Å². The van der Waals surface area contributed by atoms with Crippen molar-refractivity contribution in [3.05, 3.63) is 77.5 Å². The van der Waals surface area contributed by atoms with Crippen LogP contribution in [0.2, 0.25) is 0 Å². The zero-order valence-electron chi connectivity index (χ0n) is 20.9. The summed E-state index contributed by atoms with van der Waals surface area (Å²) in [5.41, 5.74) is 1.91. The van der Waals surface area contributed by atoms with Gasteiger partial charge in [0.05, 0.1) is 17.7 Å². The van der Waals surface area contributed by atoms with Crippen molar-refractivity contribution in [2.24, 2.45) is 0 Å². The number of anilines is 2. The van der Waals surface area contributed by atoms with Crippen LogP contribution in [0.15, 0.2) is 60.8 Å². The summed E-state index contributed by atoms with van der Waals surface area (Å²) in [6.45, 7) is 7.68. The second-order valence-corrected chi connectivity index (χ2v) is 8.94. The molecule has 0 unspecified atom stereocenters. The van der Waals surface area contributed by atoms with E-state index in [2.05, 4.69) is 27.0 Å². The molecule has 3 N–H and O–H groups in total. The minimum atomic E-state index is -0.706. The highest BCUT2D eigenvalue weighted by Crippen LogP contribution is 2.29. The van der Waals surface area contributed by atoms with Gasteiger partial charge in [-0.05, 0) is 81.4 Å². The van der Waals surface area contributed by atoms with Gasteiger partial charge in [-0.25, -0.2) is 9.78 Å². The van der Waals surface area contributed by atoms with E-state index in [1.54, 1.807) is 63.2 Å². The summed E-state index contributed by atoms with van der Waals surface area (Å²) in [6, 6.07) is 17.9. The Balaban J connectivity index is 1.67. The van der Waals surface area contributed by atoms with Gasteiger partial charge in [-0.15, -0.1) is 0 Å². The van der Waals surface area contributed by atoms with Crippen LogP contribution < -0.4 is 20.7 Å². The van der Waals surface area contributed by atoms with Gasteiger partial charge in [0, 0.05) is 23.9 Å². The number of pyridine rings is 1. The van der Waals surface area contributed by atoms with Gasteiger partial charge >= 0.3 is 6.09 Å². The maximum Gasteiger partial charge on any atom is 0.414 e. The van der Waals surface area contributed by atoms with Crippen LogP contribution in [0.3, 0.4) is 0 Å². The molecule has 190 valence electrons. The molecular weight excluding hydrogens is 490 g/mol. The molecule has 0 atom stereocenters. The number of nitrogens with zero attached hydrogens (tertiary/aromatic N) is 2. The van der Waals surface area contributed by atoms with E-state index in [1.807, 2.05) is 19.1 Å². The molecule has 10 heteroatoms. The molecule has 0 saturated carbocycles. The van der Waals surface area contributed by atoms with E-state index in [-0.39, 0.29) is 11.1 Å². The lowest BCUT2D eigenvalue weighted by Gasteiger charge is -2.17. The van der Waals surface area contributed by atoms with E-state index in [4.69, 9.17) is 21.7 Å². The van der Waals surface area contributed by atoms with Gasteiger partial charge < -0.3 is 25.4 Å². The molecule has 0 aliphatic heterocycles. The Labute approximate surface area is 220 Å². The van der Waals surface area contributed by atoms with Crippen LogP contribution in [0.1, 0.15) is 42.3 Å². The number of amides is 2. The summed E-state index contributed by atoms with van der Waals surface area (Å²) < 4.78 is 10.9. The maximum atomic E-state index is 12.9. The normalized spacial score (nSPS) is 10.6. The third kappa shape index (κ3) is 7.49. The summed E-state index contributed by atoms with van der Waals surface area (Å²) in [5, 5.41) is 17.3. The number of aromatic nitrogens is 1. The highest BCUT2D eigenvalue weighted by molar-refractivity contribution is 7.80. The first-order valence-electron chi connectivity index (χ1n) is 11.5. The van der Waals surface area contributed by atoms with Crippen molar-refractivity contribution in [3.8, 4) is 17.6 Å². The lowest BCUT2D eigenvalue weighted by molar-refractivity contribution is 0.102. The standard InChI is InChI=1S/C27H27N5O4S/c1-5-29-25(34)36-26(37)32-23-12-11-21(15-30-23)35-22-14-20(10-9-17(22)2)31-24(33)18-7-6-8-19(13-18)27(3,4)16-28/h6-15H,5H2,1-4H3,(H,29,34)(H,31,33)(H,30,32,37). The average Bonchev–Trinajstić information content (AvgIpc) is 2.87. The molecule has 0 aliphatic rings. The zero-order valence-corrected chi connectivity index (χ0v) is 21.7. The smallest absolute Gasteiger partial charge is 0.414 e. The summed E-state index contributed by atoms with van der Waals surface area (Å²) in [7, 11) is 0. The van der Waals surface area contributed by atoms with Gasteiger partial charge in [0.1, 0.15) is 17.3 Å². The molecule has 0 bridgehead atoms. The average molecular weight is 518 g/mol. The van der Waals surface area contributed by atoms with Crippen molar-refractivity contribution in [2.75, 3.05) is 17.2 Å². The van der Waals surface area contributed by atoms with Crippen molar-refractivity contribution in [1.29, 1.82) is 5.26 Å². The van der Waals surface area contributed by atoms with Crippen molar-refractivity contribution in [1.82, 2.24) is 10.3 Å². The van der Waals surface area contributed by atoms with Gasteiger partial charge in [0.25, 0.3) is 11.1 Å². The van der Waals surface area contributed by atoms with Gasteiger partial charge in [-0.3, -0.25) is 4.79 Å². The second-order valence-electron chi connectivity index (χ2n) is 8.57. The molecule has 0 radical (unpaired) electrons. The molecule has 0 aliphatic carbocycles. The van der Waals surface area contributed by atoms with Crippen LogP contribution in [0.5, 0.6) is 11.5 Å². The number of benzene rings is 2. The number of nitrogens with one attached hydrogen (secondary N) is 3. The predicted octanol–water partition coefficient (Wildman–Crippen LogP) is 5.68. The Hall–Kier alpha value is -4.49. The van der Waals surface area contributed by atoms with Crippen molar-refractivity contribution < 1.29 is 19.1 Å². The minimum Gasteiger partial charge on any atom is -0.455 e. The summed E-state index contributed by atoms with van der Waals surface area (Å²) in [6.07, 6.45) is 0.839. The molecule has 2 aromatic carbocycles. The topological polar surface area (TPSA) is 125 Å². The number of hydrogen-bond acceptors (Lipinski definition) is 7.